The van der Waals surface area contributed by atoms with Gasteiger partial charge in [0, 0.05) is 12.6 Å². The molecular weight excluding hydrogens is 222 g/mol. The van der Waals surface area contributed by atoms with Crippen molar-refractivity contribution in [2.45, 2.75) is 45.6 Å². The minimum absolute atomic E-state index is 0.740. The van der Waals surface area contributed by atoms with Crippen LogP contribution in [0, 0.1) is 11.8 Å². The molecule has 3 heteroatoms. The van der Waals surface area contributed by atoms with Gasteiger partial charge in [-0.25, -0.2) is 0 Å². The van der Waals surface area contributed by atoms with E-state index in [-0.39, 0.29) is 0 Å². The number of piperidine rings is 1. The highest BCUT2D eigenvalue weighted by molar-refractivity contribution is 4.81. The Balaban J connectivity index is 1.68. The third-order valence-electron chi connectivity index (χ3n) is 4.56. The number of hydrogen-bond donors (Lipinski definition) is 2. The Hall–Kier alpha value is -0.120. The van der Waals surface area contributed by atoms with Crippen molar-refractivity contribution in [1.82, 2.24) is 15.5 Å². The highest BCUT2D eigenvalue weighted by Gasteiger charge is 2.24. The molecule has 2 aliphatic heterocycles. The summed E-state index contributed by atoms with van der Waals surface area (Å²) in [5.41, 5.74) is 0. The molecule has 2 fully saturated rings. The molecule has 0 saturated carbocycles. The third-order valence-corrected chi connectivity index (χ3v) is 4.56. The van der Waals surface area contributed by atoms with E-state index in [0.29, 0.717) is 0 Å². The van der Waals surface area contributed by atoms with E-state index in [1.807, 2.05) is 0 Å². The molecule has 2 saturated heterocycles. The van der Waals surface area contributed by atoms with Gasteiger partial charge in [0.15, 0.2) is 0 Å². The van der Waals surface area contributed by atoms with Gasteiger partial charge in [-0.15, -0.1) is 0 Å². The van der Waals surface area contributed by atoms with Crippen LogP contribution in [-0.4, -0.2) is 50.2 Å². The summed E-state index contributed by atoms with van der Waals surface area (Å²) >= 11 is 0. The zero-order valence-electron chi connectivity index (χ0n) is 12.3. The lowest BCUT2D eigenvalue weighted by atomic mass is 9.98. The van der Waals surface area contributed by atoms with Gasteiger partial charge >= 0.3 is 0 Å². The van der Waals surface area contributed by atoms with E-state index in [9.17, 15) is 0 Å². The molecule has 0 aromatic carbocycles. The first-order valence-corrected chi connectivity index (χ1v) is 7.93. The molecule has 18 heavy (non-hydrogen) atoms. The molecule has 2 atom stereocenters. The lowest BCUT2D eigenvalue weighted by Gasteiger charge is -2.32. The zero-order valence-corrected chi connectivity index (χ0v) is 12.3. The van der Waals surface area contributed by atoms with Crippen LogP contribution in [-0.2, 0) is 0 Å². The van der Waals surface area contributed by atoms with Crippen LogP contribution in [0.15, 0.2) is 0 Å². The summed E-state index contributed by atoms with van der Waals surface area (Å²) in [5, 5.41) is 7.23. The summed E-state index contributed by atoms with van der Waals surface area (Å²) in [4.78, 5) is 2.69. The minimum Gasteiger partial charge on any atom is -0.316 e. The van der Waals surface area contributed by atoms with Crippen LogP contribution in [0.3, 0.4) is 0 Å². The monoisotopic (exact) mass is 253 g/mol. The normalized spacial score (nSPS) is 27.8. The molecule has 0 radical (unpaired) electrons. The van der Waals surface area contributed by atoms with Gasteiger partial charge in [0.25, 0.3) is 0 Å². The molecule has 2 N–H and O–H groups in total. The maximum atomic E-state index is 3.73. The highest BCUT2D eigenvalue weighted by Crippen LogP contribution is 2.17. The fourth-order valence-corrected chi connectivity index (χ4v) is 3.39. The number of likely N-dealkylation sites (tertiary alicyclic amines) is 1. The Morgan fingerprint density at radius 1 is 1.22 bits per heavy atom. The van der Waals surface area contributed by atoms with E-state index < -0.39 is 0 Å². The van der Waals surface area contributed by atoms with Gasteiger partial charge in [-0.05, 0) is 70.2 Å². The van der Waals surface area contributed by atoms with Crippen molar-refractivity contribution in [2.75, 3.05) is 39.3 Å². The second-order valence-electron chi connectivity index (χ2n) is 6.43. The molecule has 2 rings (SSSR count). The standard InChI is InChI=1S/C15H31N3/c1-13(2)15(18-8-3-4-9-18)12-17-11-14-6-5-7-16-10-14/h13-17H,3-12H2,1-2H3. The molecule has 2 aliphatic rings. The van der Waals surface area contributed by atoms with Gasteiger partial charge in [0.1, 0.15) is 0 Å². The molecule has 106 valence electrons. The fraction of sp³-hybridized carbons (Fsp3) is 1.00. The summed E-state index contributed by atoms with van der Waals surface area (Å²) in [6.45, 7) is 12.2. The van der Waals surface area contributed by atoms with E-state index in [0.717, 1.165) is 17.9 Å². The van der Waals surface area contributed by atoms with E-state index in [4.69, 9.17) is 0 Å². The summed E-state index contributed by atoms with van der Waals surface area (Å²) < 4.78 is 0. The molecule has 0 aromatic heterocycles. The van der Waals surface area contributed by atoms with Crippen molar-refractivity contribution in [3.8, 4) is 0 Å². The Kier molecular flexibility index (Phi) is 5.93. The first kappa shape index (κ1) is 14.3. The lowest BCUT2D eigenvalue weighted by Crippen LogP contribution is -2.46. The fourth-order valence-electron chi connectivity index (χ4n) is 3.39. The van der Waals surface area contributed by atoms with Crippen LogP contribution in [0.25, 0.3) is 0 Å². The molecule has 2 unspecified atom stereocenters. The largest absolute Gasteiger partial charge is 0.316 e. The number of rotatable bonds is 6. The van der Waals surface area contributed by atoms with Crippen molar-refractivity contribution in [2.24, 2.45) is 11.8 Å². The quantitative estimate of drug-likeness (QED) is 0.754. The van der Waals surface area contributed by atoms with Gasteiger partial charge in [-0.1, -0.05) is 13.8 Å². The smallest absolute Gasteiger partial charge is 0.0243 e. The number of nitrogens with one attached hydrogen (secondary N) is 2. The first-order chi connectivity index (χ1) is 8.77. The van der Waals surface area contributed by atoms with E-state index in [1.54, 1.807) is 0 Å². The van der Waals surface area contributed by atoms with Gasteiger partial charge < -0.3 is 10.6 Å². The van der Waals surface area contributed by atoms with Crippen molar-refractivity contribution < 1.29 is 0 Å². The topological polar surface area (TPSA) is 27.3 Å². The van der Waals surface area contributed by atoms with Gasteiger partial charge in [0.05, 0.1) is 0 Å². The van der Waals surface area contributed by atoms with E-state index in [2.05, 4.69) is 29.4 Å². The van der Waals surface area contributed by atoms with E-state index in [1.165, 1.54) is 65.0 Å². The predicted octanol–water partition coefficient (Wildman–Crippen LogP) is 1.70. The van der Waals surface area contributed by atoms with E-state index >= 15 is 0 Å². The Morgan fingerprint density at radius 2 is 2.00 bits per heavy atom. The van der Waals surface area contributed by atoms with Crippen LogP contribution in [0.4, 0.5) is 0 Å². The number of nitrogens with zero attached hydrogens (tertiary/aromatic N) is 1. The minimum atomic E-state index is 0.740. The van der Waals surface area contributed by atoms with Crippen molar-refractivity contribution in [1.29, 1.82) is 0 Å². The van der Waals surface area contributed by atoms with Crippen LogP contribution >= 0.6 is 0 Å². The highest BCUT2D eigenvalue weighted by atomic mass is 15.2. The second-order valence-corrected chi connectivity index (χ2v) is 6.43. The third kappa shape index (κ3) is 4.22. The zero-order chi connectivity index (χ0) is 12.8. The predicted molar refractivity (Wildman–Crippen MR) is 77.9 cm³/mol. The SMILES string of the molecule is CC(C)C(CNCC1CCCNC1)N1CCCC1. The van der Waals surface area contributed by atoms with Crippen molar-refractivity contribution in [3.63, 3.8) is 0 Å². The Bertz CT molecular complexity index is 218. The summed E-state index contributed by atoms with van der Waals surface area (Å²) in [6.07, 6.45) is 5.55. The maximum Gasteiger partial charge on any atom is 0.0243 e. The molecule has 0 spiro atoms. The Morgan fingerprint density at radius 3 is 2.61 bits per heavy atom. The first-order valence-electron chi connectivity index (χ1n) is 7.93. The summed E-state index contributed by atoms with van der Waals surface area (Å²) in [7, 11) is 0. The summed E-state index contributed by atoms with van der Waals surface area (Å²) in [5.74, 6) is 1.62. The van der Waals surface area contributed by atoms with Crippen molar-refractivity contribution >= 4 is 0 Å². The lowest BCUT2D eigenvalue weighted by molar-refractivity contribution is 0.183. The summed E-state index contributed by atoms with van der Waals surface area (Å²) in [6, 6.07) is 0.740. The average molecular weight is 253 g/mol. The van der Waals surface area contributed by atoms with Gasteiger partial charge in [0.2, 0.25) is 0 Å². The van der Waals surface area contributed by atoms with Crippen molar-refractivity contribution in [3.05, 3.63) is 0 Å². The van der Waals surface area contributed by atoms with Gasteiger partial charge in [-0.2, -0.15) is 0 Å². The van der Waals surface area contributed by atoms with Crippen LogP contribution in [0.5, 0.6) is 0 Å². The second kappa shape index (κ2) is 7.46. The van der Waals surface area contributed by atoms with Crippen LogP contribution in [0.2, 0.25) is 0 Å². The van der Waals surface area contributed by atoms with Crippen LogP contribution < -0.4 is 10.6 Å². The molecule has 3 nitrogen and oxygen atoms in total. The average Bonchev–Trinajstić information content (AvgIpc) is 2.89. The molecule has 0 aliphatic carbocycles. The Labute approximate surface area is 113 Å². The molecule has 2 heterocycles. The molecule has 0 aromatic rings. The number of hydrogen-bond acceptors (Lipinski definition) is 3. The van der Waals surface area contributed by atoms with Crippen LogP contribution in [0.1, 0.15) is 39.5 Å². The maximum absolute atomic E-state index is 3.73. The molecule has 0 bridgehead atoms. The van der Waals surface area contributed by atoms with Gasteiger partial charge in [-0.3, -0.25) is 4.90 Å². The molecule has 0 amide bonds. The molecular formula is C15H31N3.